The topological polar surface area (TPSA) is 54.2 Å². The SMILES string of the molecule is CCNC(=NCCc1ccc(F)cc1)NCCc1cnn(-c2ccccc2)c1. The van der Waals surface area contributed by atoms with Crippen LogP contribution in [0.4, 0.5) is 4.39 Å². The molecule has 0 saturated heterocycles. The van der Waals surface area contributed by atoms with Gasteiger partial charge in [-0.3, -0.25) is 4.99 Å². The molecular weight excluding hydrogens is 353 g/mol. The first kappa shape index (κ1) is 19.6. The Morgan fingerprint density at radius 2 is 1.79 bits per heavy atom. The zero-order chi connectivity index (χ0) is 19.6. The summed E-state index contributed by atoms with van der Waals surface area (Å²) in [5, 5.41) is 11.0. The lowest BCUT2D eigenvalue weighted by molar-refractivity contribution is 0.627. The molecule has 0 unspecified atom stereocenters. The van der Waals surface area contributed by atoms with Crippen LogP contribution in [0.5, 0.6) is 0 Å². The lowest BCUT2D eigenvalue weighted by Gasteiger charge is -2.10. The minimum absolute atomic E-state index is 0.210. The maximum Gasteiger partial charge on any atom is 0.191 e. The molecule has 0 fully saturated rings. The Bertz CT molecular complexity index is 871. The van der Waals surface area contributed by atoms with Crippen LogP contribution in [0.25, 0.3) is 5.69 Å². The number of aliphatic imine (C=N–C) groups is 1. The molecule has 1 aromatic heterocycles. The Hall–Kier alpha value is -3.15. The lowest BCUT2D eigenvalue weighted by Crippen LogP contribution is -2.38. The molecule has 2 aromatic carbocycles. The molecule has 0 aliphatic carbocycles. The zero-order valence-corrected chi connectivity index (χ0v) is 16.1. The van der Waals surface area contributed by atoms with Gasteiger partial charge in [-0.2, -0.15) is 5.10 Å². The molecule has 0 radical (unpaired) electrons. The van der Waals surface area contributed by atoms with Crippen molar-refractivity contribution in [3.63, 3.8) is 0 Å². The number of guanidine groups is 1. The van der Waals surface area contributed by atoms with Gasteiger partial charge in [0, 0.05) is 25.8 Å². The van der Waals surface area contributed by atoms with E-state index in [-0.39, 0.29) is 5.82 Å². The van der Waals surface area contributed by atoms with Gasteiger partial charge in [-0.15, -0.1) is 0 Å². The average Bonchev–Trinajstić information content (AvgIpc) is 3.19. The first-order valence-corrected chi connectivity index (χ1v) is 9.60. The summed E-state index contributed by atoms with van der Waals surface area (Å²) >= 11 is 0. The van der Waals surface area contributed by atoms with Crippen LogP contribution in [0.3, 0.4) is 0 Å². The molecule has 1 heterocycles. The van der Waals surface area contributed by atoms with Crippen molar-refractivity contribution in [1.29, 1.82) is 0 Å². The number of nitrogens with zero attached hydrogens (tertiary/aromatic N) is 3. The maximum absolute atomic E-state index is 13.0. The average molecular weight is 379 g/mol. The molecule has 0 atom stereocenters. The molecule has 0 bridgehead atoms. The molecule has 0 saturated carbocycles. The predicted octanol–water partition coefficient (Wildman–Crippen LogP) is 3.35. The van der Waals surface area contributed by atoms with E-state index in [1.807, 2.05) is 48.1 Å². The van der Waals surface area contributed by atoms with Crippen molar-refractivity contribution in [3.8, 4) is 5.69 Å². The maximum atomic E-state index is 13.0. The van der Waals surface area contributed by atoms with Crippen molar-refractivity contribution in [2.24, 2.45) is 4.99 Å². The third-order valence-electron chi connectivity index (χ3n) is 4.29. The van der Waals surface area contributed by atoms with E-state index in [0.29, 0.717) is 6.54 Å². The van der Waals surface area contributed by atoms with Crippen molar-refractivity contribution in [2.75, 3.05) is 19.6 Å². The molecule has 3 rings (SSSR count). The van der Waals surface area contributed by atoms with Gasteiger partial charge in [0.25, 0.3) is 0 Å². The van der Waals surface area contributed by atoms with Crippen LogP contribution in [0.1, 0.15) is 18.1 Å². The number of nitrogens with one attached hydrogen (secondary N) is 2. The summed E-state index contributed by atoms with van der Waals surface area (Å²) in [5.74, 6) is 0.581. The first-order valence-electron chi connectivity index (χ1n) is 9.60. The van der Waals surface area contributed by atoms with Crippen LogP contribution >= 0.6 is 0 Å². The van der Waals surface area contributed by atoms with Crippen molar-refractivity contribution >= 4 is 5.96 Å². The Labute approximate surface area is 165 Å². The first-order chi connectivity index (χ1) is 13.7. The fourth-order valence-electron chi connectivity index (χ4n) is 2.83. The van der Waals surface area contributed by atoms with Crippen LogP contribution in [0.2, 0.25) is 0 Å². The zero-order valence-electron chi connectivity index (χ0n) is 16.1. The van der Waals surface area contributed by atoms with Gasteiger partial charge in [-0.05, 0) is 55.2 Å². The van der Waals surface area contributed by atoms with Crippen molar-refractivity contribution in [1.82, 2.24) is 20.4 Å². The van der Waals surface area contributed by atoms with Crippen LogP contribution in [-0.2, 0) is 12.8 Å². The predicted molar refractivity (Wildman–Crippen MR) is 111 cm³/mol. The molecule has 146 valence electrons. The minimum atomic E-state index is -0.210. The summed E-state index contributed by atoms with van der Waals surface area (Å²) in [6.07, 6.45) is 5.58. The fourth-order valence-corrected chi connectivity index (χ4v) is 2.83. The largest absolute Gasteiger partial charge is 0.357 e. The van der Waals surface area contributed by atoms with Gasteiger partial charge in [0.05, 0.1) is 11.9 Å². The minimum Gasteiger partial charge on any atom is -0.357 e. The normalized spacial score (nSPS) is 11.4. The molecule has 5 nitrogen and oxygen atoms in total. The molecular formula is C22H26FN5. The third-order valence-corrected chi connectivity index (χ3v) is 4.29. The summed E-state index contributed by atoms with van der Waals surface area (Å²) in [5.41, 5.74) is 3.30. The standard InChI is InChI=1S/C22H26FN5/c1-2-24-22(25-14-12-18-8-10-20(23)11-9-18)26-15-13-19-16-27-28(17-19)21-6-4-3-5-7-21/h3-11,16-17H,2,12-15H2,1H3,(H2,24,25,26). The van der Waals surface area contributed by atoms with E-state index < -0.39 is 0 Å². The van der Waals surface area contributed by atoms with Gasteiger partial charge < -0.3 is 10.6 Å². The molecule has 3 aromatic rings. The van der Waals surface area contributed by atoms with E-state index in [0.717, 1.165) is 43.1 Å². The number of halogens is 1. The monoisotopic (exact) mass is 379 g/mol. The van der Waals surface area contributed by atoms with Gasteiger partial charge in [0.15, 0.2) is 5.96 Å². The number of aromatic nitrogens is 2. The van der Waals surface area contributed by atoms with Crippen molar-refractivity contribution in [2.45, 2.75) is 19.8 Å². The quantitative estimate of drug-likeness (QED) is 0.466. The highest BCUT2D eigenvalue weighted by atomic mass is 19.1. The summed E-state index contributed by atoms with van der Waals surface area (Å²) < 4.78 is 14.8. The van der Waals surface area contributed by atoms with E-state index in [2.05, 4.69) is 26.9 Å². The highest BCUT2D eigenvalue weighted by Crippen LogP contribution is 2.08. The Balaban J connectivity index is 1.48. The lowest BCUT2D eigenvalue weighted by atomic mass is 10.1. The van der Waals surface area contributed by atoms with Gasteiger partial charge in [-0.25, -0.2) is 9.07 Å². The van der Waals surface area contributed by atoms with E-state index in [9.17, 15) is 4.39 Å². The molecule has 0 aliphatic rings. The second-order valence-electron chi connectivity index (χ2n) is 6.44. The second-order valence-corrected chi connectivity index (χ2v) is 6.44. The number of hydrogen-bond donors (Lipinski definition) is 2. The second kappa shape index (κ2) is 10.3. The van der Waals surface area contributed by atoms with E-state index in [4.69, 9.17) is 0 Å². The highest BCUT2D eigenvalue weighted by Gasteiger charge is 2.02. The number of para-hydroxylation sites is 1. The number of hydrogen-bond acceptors (Lipinski definition) is 2. The molecule has 0 spiro atoms. The highest BCUT2D eigenvalue weighted by molar-refractivity contribution is 5.79. The van der Waals surface area contributed by atoms with Crippen LogP contribution in [-0.4, -0.2) is 35.4 Å². The van der Waals surface area contributed by atoms with Crippen molar-refractivity contribution in [3.05, 3.63) is 83.9 Å². The van der Waals surface area contributed by atoms with Crippen molar-refractivity contribution < 1.29 is 4.39 Å². The van der Waals surface area contributed by atoms with Crippen LogP contribution in [0.15, 0.2) is 72.0 Å². The molecule has 0 aliphatic heterocycles. The number of rotatable bonds is 8. The molecule has 2 N–H and O–H groups in total. The van der Waals surface area contributed by atoms with E-state index in [1.165, 1.54) is 17.7 Å². The Morgan fingerprint density at radius 3 is 2.54 bits per heavy atom. The summed E-state index contributed by atoms with van der Waals surface area (Å²) in [7, 11) is 0. The van der Waals surface area contributed by atoms with Crippen LogP contribution < -0.4 is 10.6 Å². The Morgan fingerprint density at radius 1 is 1.00 bits per heavy atom. The van der Waals surface area contributed by atoms with E-state index in [1.54, 1.807) is 12.1 Å². The summed E-state index contributed by atoms with van der Waals surface area (Å²) in [4.78, 5) is 4.59. The molecule has 6 heteroatoms. The van der Waals surface area contributed by atoms with Crippen LogP contribution in [0, 0.1) is 5.82 Å². The molecule has 28 heavy (non-hydrogen) atoms. The summed E-state index contributed by atoms with van der Waals surface area (Å²) in [6.45, 7) is 4.26. The van der Waals surface area contributed by atoms with E-state index >= 15 is 0 Å². The van der Waals surface area contributed by atoms with Gasteiger partial charge in [0.1, 0.15) is 5.82 Å². The smallest absolute Gasteiger partial charge is 0.191 e. The fraction of sp³-hybridized carbons (Fsp3) is 0.273. The third kappa shape index (κ3) is 5.94. The van der Waals surface area contributed by atoms with Gasteiger partial charge in [0.2, 0.25) is 0 Å². The Kier molecular flexibility index (Phi) is 7.18. The summed E-state index contributed by atoms with van der Waals surface area (Å²) in [6, 6.07) is 16.6. The van der Waals surface area contributed by atoms with Gasteiger partial charge in [-0.1, -0.05) is 30.3 Å². The molecule has 0 amide bonds. The number of benzene rings is 2. The van der Waals surface area contributed by atoms with Gasteiger partial charge >= 0.3 is 0 Å².